The molecule has 0 saturated carbocycles. The smallest absolute Gasteiger partial charge is 0.221 e. The van der Waals surface area contributed by atoms with E-state index in [4.69, 9.17) is 0 Å². The van der Waals surface area contributed by atoms with E-state index in [1.165, 1.54) is 44.6 Å². The summed E-state index contributed by atoms with van der Waals surface area (Å²) < 4.78 is 0. The summed E-state index contributed by atoms with van der Waals surface area (Å²) in [6, 6.07) is 8.01. The van der Waals surface area contributed by atoms with Gasteiger partial charge in [-0.1, -0.05) is 51.7 Å². The van der Waals surface area contributed by atoms with Gasteiger partial charge in [-0.25, -0.2) is 0 Å². The molecule has 0 atom stereocenters. The van der Waals surface area contributed by atoms with Crippen LogP contribution in [0, 0.1) is 5.92 Å². The SMILES string of the molecule is CC(=O)Nc1ccc(CNCCCCCCC(C)C)cc1. The Labute approximate surface area is 129 Å². The van der Waals surface area contributed by atoms with Gasteiger partial charge in [-0.2, -0.15) is 0 Å². The average molecular weight is 290 g/mol. The highest BCUT2D eigenvalue weighted by molar-refractivity contribution is 5.88. The lowest BCUT2D eigenvalue weighted by atomic mass is 10.0. The van der Waals surface area contributed by atoms with Crippen LogP contribution < -0.4 is 10.6 Å². The number of hydrogen-bond acceptors (Lipinski definition) is 2. The monoisotopic (exact) mass is 290 g/mol. The largest absolute Gasteiger partial charge is 0.326 e. The number of unbranched alkanes of at least 4 members (excludes halogenated alkanes) is 3. The van der Waals surface area contributed by atoms with Gasteiger partial charge in [-0.3, -0.25) is 4.79 Å². The number of carbonyl (C=O) groups is 1. The van der Waals surface area contributed by atoms with Crippen molar-refractivity contribution in [3.8, 4) is 0 Å². The lowest BCUT2D eigenvalue weighted by Crippen LogP contribution is -2.14. The van der Waals surface area contributed by atoms with Gasteiger partial charge in [0.1, 0.15) is 0 Å². The molecular weight excluding hydrogens is 260 g/mol. The molecule has 0 radical (unpaired) electrons. The predicted molar refractivity (Wildman–Crippen MR) is 90.4 cm³/mol. The third kappa shape index (κ3) is 9.24. The second-order valence-electron chi connectivity index (χ2n) is 6.15. The van der Waals surface area contributed by atoms with Gasteiger partial charge >= 0.3 is 0 Å². The molecule has 0 unspecified atom stereocenters. The van der Waals surface area contributed by atoms with Gasteiger partial charge in [-0.15, -0.1) is 0 Å². The zero-order valence-electron chi connectivity index (χ0n) is 13.7. The van der Waals surface area contributed by atoms with E-state index in [0.717, 1.165) is 24.7 Å². The summed E-state index contributed by atoms with van der Waals surface area (Å²) in [6.45, 7) is 8.08. The first-order chi connectivity index (χ1) is 10.1. The maximum Gasteiger partial charge on any atom is 0.221 e. The van der Waals surface area contributed by atoms with Crippen LogP contribution >= 0.6 is 0 Å². The number of rotatable bonds is 10. The first kappa shape index (κ1) is 17.7. The first-order valence-electron chi connectivity index (χ1n) is 8.15. The number of carbonyl (C=O) groups excluding carboxylic acids is 1. The van der Waals surface area contributed by atoms with Crippen molar-refractivity contribution < 1.29 is 4.79 Å². The molecule has 2 N–H and O–H groups in total. The van der Waals surface area contributed by atoms with Gasteiger partial charge in [0.05, 0.1) is 0 Å². The van der Waals surface area contributed by atoms with Crippen LogP contribution in [-0.2, 0) is 11.3 Å². The van der Waals surface area contributed by atoms with Crippen LogP contribution in [0.5, 0.6) is 0 Å². The van der Waals surface area contributed by atoms with Gasteiger partial charge in [-0.05, 0) is 36.6 Å². The maximum atomic E-state index is 10.9. The molecule has 0 aliphatic heterocycles. The Hall–Kier alpha value is -1.35. The van der Waals surface area contributed by atoms with Crippen LogP contribution in [0.1, 0.15) is 58.4 Å². The third-order valence-electron chi connectivity index (χ3n) is 3.49. The number of anilines is 1. The van der Waals surface area contributed by atoms with Crippen molar-refractivity contribution >= 4 is 11.6 Å². The lowest BCUT2D eigenvalue weighted by Gasteiger charge is -2.07. The zero-order chi connectivity index (χ0) is 15.5. The minimum atomic E-state index is -0.0293. The summed E-state index contributed by atoms with van der Waals surface area (Å²) in [5, 5.41) is 6.25. The van der Waals surface area contributed by atoms with Crippen molar-refractivity contribution in [2.75, 3.05) is 11.9 Å². The Morgan fingerprint density at radius 2 is 1.71 bits per heavy atom. The van der Waals surface area contributed by atoms with E-state index in [1.54, 1.807) is 0 Å². The van der Waals surface area contributed by atoms with E-state index in [0.29, 0.717) is 0 Å². The Balaban J connectivity index is 2.06. The summed E-state index contributed by atoms with van der Waals surface area (Å²) >= 11 is 0. The zero-order valence-corrected chi connectivity index (χ0v) is 13.7. The molecule has 0 saturated heterocycles. The van der Waals surface area contributed by atoms with Crippen LogP contribution in [0.2, 0.25) is 0 Å². The quantitative estimate of drug-likeness (QED) is 0.629. The Bertz CT molecular complexity index is 398. The fourth-order valence-electron chi connectivity index (χ4n) is 2.30. The fraction of sp³-hybridized carbons (Fsp3) is 0.611. The molecular formula is C18H30N2O. The van der Waals surface area contributed by atoms with Gasteiger partial charge in [0.15, 0.2) is 0 Å². The molecule has 0 spiro atoms. The Kier molecular flexibility index (Phi) is 8.76. The topological polar surface area (TPSA) is 41.1 Å². The van der Waals surface area contributed by atoms with Crippen LogP contribution in [0.4, 0.5) is 5.69 Å². The van der Waals surface area contributed by atoms with Crippen LogP contribution in [0.15, 0.2) is 24.3 Å². The van der Waals surface area contributed by atoms with Crippen LogP contribution in [-0.4, -0.2) is 12.5 Å². The fourth-order valence-corrected chi connectivity index (χ4v) is 2.30. The van der Waals surface area contributed by atoms with E-state index in [1.807, 2.05) is 12.1 Å². The van der Waals surface area contributed by atoms with Crippen molar-refractivity contribution in [2.24, 2.45) is 5.92 Å². The van der Waals surface area contributed by atoms with Crippen LogP contribution in [0.25, 0.3) is 0 Å². The summed E-state index contributed by atoms with van der Waals surface area (Å²) in [7, 11) is 0. The summed E-state index contributed by atoms with van der Waals surface area (Å²) in [4.78, 5) is 10.9. The molecule has 1 aromatic carbocycles. The molecule has 1 aromatic rings. The molecule has 1 rings (SSSR count). The molecule has 0 aliphatic rings. The third-order valence-corrected chi connectivity index (χ3v) is 3.49. The molecule has 118 valence electrons. The van der Waals surface area contributed by atoms with Crippen LogP contribution in [0.3, 0.4) is 0 Å². The Morgan fingerprint density at radius 1 is 1.05 bits per heavy atom. The second kappa shape index (κ2) is 10.4. The van der Waals surface area contributed by atoms with Gasteiger partial charge < -0.3 is 10.6 Å². The molecule has 3 nitrogen and oxygen atoms in total. The number of nitrogens with one attached hydrogen (secondary N) is 2. The molecule has 3 heteroatoms. The van der Waals surface area contributed by atoms with Crippen molar-refractivity contribution in [3.05, 3.63) is 29.8 Å². The predicted octanol–water partition coefficient (Wildman–Crippen LogP) is 4.34. The van der Waals surface area contributed by atoms with E-state index >= 15 is 0 Å². The van der Waals surface area contributed by atoms with Gasteiger partial charge in [0.2, 0.25) is 5.91 Å². The van der Waals surface area contributed by atoms with Crippen molar-refractivity contribution in [1.82, 2.24) is 5.32 Å². The minimum Gasteiger partial charge on any atom is -0.326 e. The summed E-state index contributed by atoms with van der Waals surface area (Å²) in [6.07, 6.45) is 6.64. The highest BCUT2D eigenvalue weighted by Crippen LogP contribution is 2.10. The molecule has 0 aliphatic carbocycles. The summed E-state index contributed by atoms with van der Waals surface area (Å²) in [5.74, 6) is 0.807. The number of hydrogen-bond donors (Lipinski definition) is 2. The van der Waals surface area contributed by atoms with Gasteiger partial charge in [0, 0.05) is 19.2 Å². The van der Waals surface area contributed by atoms with Crippen molar-refractivity contribution in [3.63, 3.8) is 0 Å². The highest BCUT2D eigenvalue weighted by Gasteiger charge is 1.97. The standard InChI is InChI=1S/C18H30N2O/c1-15(2)8-6-4-5-7-13-19-14-17-9-11-18(12-10-17)20-16(3)21/h9-12,15,19H,4-8,13-14H2,1-3H3,(H,20,21). The maximum absolute atomic E-state index is 10.9. The minimum absolute atomic E-state index is 0.0293. The van der Waals surface area contributed by atoms with E-state index in [9.17, 15) is 4.79 Å². The molecule has 0 bridgehead atoms. The molecule has 0 aromatic heterocycles. The lowest BCUT2D eigenvalue weighted by molar-refractivity contribution is -0.114. The molecule has 1 amide bonds. The number of benzene rings is 1. The highest BCUT2D eigenvalue weighted by atomic mass is 16.1. The normalized spacial score (nSPS) is 10.9. The number of amides is 1. The molecule has 21 heavy (non-hydrogen) atoms. The van der Waals surface area contributed by atoms with Crippen molar-refractivity contribution in [1.29, 1.82) is 0 Å². The van der Waals surface area contributed by atoms with E-state index in [2.05, 4.69) is 36.6 Å². The first-order valence-corrected chi connectivity index (χ1v) is 8.15. The average Bonchev–Trinajstić information content (AvgIpc) is 2.42. The van der Waals surface area contributed by atoms with E-state index in [-0.39, 0.29) is 5.91 Å². The Morgan fingerprint density at radius 3 is 2.33 bits per heavy atom. The van der Waals surface area contributed by atoms with Crippen molar-refractivity contribution in [2.45, 2.75) is 59.4 Å². The van der Waals surface area contributed by atoms with Gasteiger partial charge in [0.25, 0.3) is 0 Å². The summed E-state index contributed by atoms with van der Waals surface area (Å²) in [5.41, 5.74) is 2.11. The second-order valence-corrected chi connectivity index (χ2v) is 6.15. The molecule has 0 heterocycles. The molecule has 0 fully saturated rings. The van der Waals surface area contributed by atoms with E-state index < -0.39 is 0 Å².